The smallest absolute Gasteiger partial charge is 0.251 e. The maximum atomic E-state index is 12.5. The van der Waals surface area contributed by atoms with Crippen LogP contribution in [-0.2, 0) is 12.8 Å². The summed E-state index contributed by atoms with van der Waals surface area (Å²) in [4.78, 5) is 19.8. The summed E-state index contributed by atoms with van der Waals surface area (Å²) in [6, 6.07) is 5.68. The SMILES string of the molecule is O=C(NCCCN1CCCCCC1)c1ccc2c(Cl)c3c(nc2c1)CCC3. The summed E-state index contributed by atoms with van der Waals surface area (Å²) in [7, 11) is 0. The van der Waals surface area contributed by atoms with E-state index in [1.165, 1.54) is 44.3 Å². The van der Waals surface area contributed by atoms with Crippen molar-refractivity contribution < 1.29 is 4.79 Å². The van der Waals surface area contributed by atoms with Crippen molar-refractivity contribution in [2.45, 2.75) is 51.4 Å². The maximum Gasteiger partial charge on any atom is 0.251 e. The van der Waals surface area contributed by atoms with E-state index in [4.69, 9.17) is 16.6 Å². The van der Waals surface area contributed by atoms with E-state index in [0.717, 1.165) is 53.8 Å². The largest absolute Gasteiger partial charge is 0.352 e. The van der Waals surface area contributed by atoms with Gasteiger partial charge in [-0.2, -0.15) is 0 Å². The van der Waals surface area contributed by atoms with Crippen LogP contribution in [0.2, 0.25) is 5.02 Å². The van der Waals surface area contributed by atoms with Crippen LogP contribution in [0, 0.1) is 0 Å². The van der Waals surface area contributed by atoms with Crippen molar-refractivity contribution in [1.82, 2.24) is 15.2 Å². The number of aryl methyl sites for hydroxylation is 1. The summed E-state index contributed by atoms with van der Waals surface area (Å²) < 4.78 is 0. The molecule has 0 unspecified atom stereocenters. The van der Waals surface area contributed by atoms with Crippen molar-refractivity contribution in [3.8, 4) is 0 Å². The van der Waals surface area contributed by atoms with Gasteiger partial charge in [0.2, 0.25) is 0 Å². The molecule has 0 radical (unpaired) electrons. The van der Waals surface area contributed by atoms with Gasteiger partial charge in [-0.05, 0) is 75.9 Å². The molecule has 2 aliphatic rings. The van der Waals surface area contributed by atoms with E-state index < -0.39 is 0 Å². The number of hydrogen-bond donors (Lipinski definition) is 1. The molecule has 4 nitrogen and oxygen atoms in total. The van der Waals surface area contributed by atoms with Crippen molar-refractivity contribution >= 4 is 28.4 Å². The number of fused-ring (bicyclic) bond motifs is 2. The summed E-state index contributed by atoms with van der Waals surface area (Å²) in [5, 5.41) is 4.83. The van der Waals surface area contributed by atoms with Crippen molar-refractivity contribution in [3.05, 3.63) is 40.0 Å². The minimum absolute atomic E-state index is 0.0220. The molecule has 144 valence electrons. The molecule has 2 aromatic rings. The highest BCUT2D eigenvalue weighted by molar-refractivity contribution is 6.36. The van der Waals surface area contributed by atoms with Crippen LogP contribution in [0.25, 0.3) is 10.9 Å². The van der Waals surface area contributed by atoms with E-state index in [0.29, 0.717) is 12.1 Å². The summed E-state index contributed by atoms with van der Waals surface area (Å²) in [5.74, 6) is -0.0220. The standard InChI is InChI=1S/C22H28ClN3O/c23-21-17-7-5-8-19(17)25-20-15-16(9-10-18(20)21)22(27)24-11-6-14-26-12-3-1-2-4-13-26/h9-10,15H,1-8,11-14H2,(H,24,27). The fourth-order valence-corrected chi connectivity index (χ4v) is 4.68. The Kier molecular flexibility index (Phi) is 5.94. The van der Waals surface area contributed by atoms with Crippen LogP contribution in [0.4, 0.5) is 0 Å². The highest BCUT2D eigenvalue weighted by Gasteiger charge is 2.19. The monoisotopic (exact) mass is 385 g/mol. The van der Waals surface area contributed by atoms with Crippen LogP contribution < -0.4 is 5.32 Å². The van der Waals surface area contributed by atoms with E-state index in [9.17, 15) is 4.79 Å². The van der Waals surface area contributed by atoms with Crippen molar-refractivity contribution in [2.75, 3.05) is 26.2 Å². The normalized spacial score (nSPS) is 17.7. The predicted octanol–water partition coefficient (Wildman–Crippen LogP) is 4.37. The molecule has 0 saturated carbocycles. The topological polar surface area (TPSA) is 45.2 Å². The predicted molar refractivity (Wildman–Crippen MR) is 111 cm³/mol. The van der Waals surface area contributed by atoms with Crippen molar-refractivity contribution in [3.63, 3.8) is 0 Å². The third kappa shape index (κ3) is 4.27. The number of benzene rings is 1. The number of nitrogens with one attached hydrogen (secondary N) is 1. The molecule has 1 aromatic carbocycles. The molecular formula is C22H28ClN3O. The van der Waals surface area contributed by atoms with Gasteiger partial charge in [-0.25, -0.2) is 0 Å². The number of amides is 1. The highest BCUT2D eigenvalue weighted by Crippen LogP contribution is 2.33. The molecule has 1 amide bonds. The van der Waals surface area contributed by atoms with Gasteiger partial charge in [0, 0.05) is 23.2 Å². The third-order valence-corrected chi connectivity index (χ3v) is 6.27. The number of carbonyl (C=O) groups is 1. The van der Waals surface area contributed by atoms with E-state index in [1.54, 1.807) is 0 Å². The number of likely N-dealkylation sites (tertiary alicyclic amines) is 1. The van der Waals surface area contributed by atoms with E-state index in [-0.39, 0.29) is 5.91 Å². The van der Waals surface area contributed by atoms with Gasteiger partial charge in [0.1, 0.15) is 0 Å². The average molecular weight is 386 g/mol. The molecule has 1 saturated heterocycles. The van der Waals surface area contributed by atoms with Crippen LogP contribution in [0.3, 0.4) is 0 Å². The number of carbonyl (C=O) groups excluding carboxylic acids is 1. The molecule has 0 spiro atoms. The van der Waals surface area contributed by atoms with Crippen LogP contribution in [0.1, 0.15) is 60.1 Å². The molecule has 2 heterocycles. The quantitative estimate of drug-likeness (QED) is 0.777. The zero-order valence-electron chi connectivity index (χ0n) is 15.9. The Bertz CT molecular complexity index is 828. The van der Waals surface area contributed by atoms with E-state index >= 15 is 0 Å². The highest BCUT2D eigenvalue weighted by atomic mass is 35.5. The van der Waals surface area contributed by atoms with Gasteiger partial charge in [-0.15, -0.1) is 0 Å². The molecule has 1 N–H and O–H groups in total. The molecule has 0 bridgehead atoms. The van der Waals surface area contributed by atoms with Gasteiger partial charge in [-0.1, -0.05) is 30.5 Å². The molecule has 1 fully saturated rings. The summed E-state index contributed by atoms with van der Waals surface area (Å²) in [5.41, 5.74) is 3.79. The van der Waals surface area contributed by atoms with Gasteiger partial charge in [-0.3, -0.25) is 9.78 Å². The minimum Gasteiger partial charge on any atom is -0.352 e. The van der Waals surface area contributed by atoms with Crippen molar-refractivity contribution in [2.24, 2.45) is 0 Å². The first-order chi connectivity index (χ1) is 13.2. The lowest BCUT2D eigenvalue weighted by atomic mass is 10.1. The molecule has 1 aromatic heterocycles. The fourth-order valence-electron chi connectivity index (χ4n) is 4.31. The van der Waals surface area contributed by atoms with Gasteiger partial charge >= 0.3 is 0 Å². The van der Waals surface area contributed by atoms with Gasteiger partial charge < -0.3 is 10.2 Å². The molecule has 4 rings (SSSR count). The Balaban J connectivity index is 1.36. The maximum absolute atomic E-state index is 12.5. The van der Waals surface area contributed by atoms with Gasteiger partial charge in [0.15, 0.2) is 0 Å². The van der Waals surface area contributed by atoms with Crippen LogP contribution in [-0.4, -0.2) is 42.0 Å². The van der Waals surface area contributed by atoms with Crippen LogP contribution in [0.5, 0.6) is 0 Å². The van der Waals surface area contributed by atoms with E-state index in [2.05, 4.69) is 10.2 Å². The first-order valence-electron chi connectivity index (χ1n) is 10.3. The first-order valence-corrected chi connectivity index (χ1v) is 10.7. The lowest BCUT2D eigenvalue weighted by molar-refractivity contribution is 0.0952. The first kappa shape index (κ1) is 18.7. The Morgan fingerprint density at radius 2 is 1.93 bits per heavy atom. The molecule has 1 aliphatic heterocycles. The Morgan fingerprint density at radius 3 is 2.74 bits per heavy atom. The second kappa shape index (κ2) is 8.57. The molecule has 5 heteroatoms. The summed E-state index contributed by atoms with van der Waals surface area (Å²) >= 11 is 6.56. The number of nitrogens with zero attached hydrogens (tertiary/aromatic N) is 2. The van der Waals surface area contributed by atoms with Crippen molar-refractivity contribution in [1.29, 1.82) is 0 Å². The minimum atomic E-state index is -0.0220. The number of pyridine rings is 1. The average Bonchev–Trinajstić information content (AvgIpc) is 3.00. The molecule has 27 heavy (non-hydrogen) atoms. The summed E-state index contributed by atoms with van der Waals surface area (Å²) in [6.45, 7) is 4.19. The second-order valence-corrected chi connectivity index (χ2v) is 8.18. The molecular weight excluding hydrogens is 358 g/mol. The van der Waals surface area contributed by atoms with Gasteiger partial charge in [0.25, 0.3) is 5.91 Å². The number of hydrogen-bond acceptors (Lipinski definition) is 3. The number of halogens is 1. The van der Waals surface area contributed by atoms with E-state index in [1.807, 2.05) is 18.2 Å². The van der Waals surface area contributed by atoms with Crippen LogP contribution in [0.15, 0.2) is 18.2 Å². The fraction of sp³-hybridized carbons (Fsp3) is 0.545. The lowest BCUT2D eigenvalue weighted by Crippen LogP contribution is -2.30. The Labute approximate surface area is 166 Å². The second-order valence-electron chi connectivity index (χ2n) is 7.80. The molecule has 1 aliphatic carbocycles. The lowest BCUT2D eigenvalue weighted by Gasteiger charge is -2.19. The Morgan fingerprint density at radius 1 is 1.11 bits per heavy atom. The zero-order valence-corrected chi connectivity index (χ0v) is 16.7. The molecule has 0 atom stereocenters. The van der Waals surface area contributed by atoms with Gasteiger partial charge in [0.05, 0.1) is 10.5 Å². The Hall–Kier alpha value is -1.65. The number of aromatic nitrogens is 1. The van der Waals surface area contributed by atoms with Crippen LogP contribution >= 0.6 is 11.6 Å². The number of rotatable bonds is 5. The summed E-state index contributed by atoms with van der Waals surface area (Å²) in [6.07, 6.45) is 9.44. The third-order valence-electron chi connectivity index (χ3n) is 5.84. The zero-order chi connectivity index (χ0) is 18.6.